The highest BCUT2D eigenvalue weighted by Crippen LogP contribution is 2.30. The third kappa shape index (κ3) is 3.29. The first-order valence-electron chi connectivity index (χ1n) is 9.59. The van der Waals surface area contributed by atoms with E-state index in [1.54, 1.807) is 12.4 Å². The molecule has 0 saturated carbocycles. The number of morpholine rings is 1. The Bertz CT molecular complexity index is 944. The van der Waals surface area contributed by atoms with Gasteiger partial charge < -0.3 is 14.5 Å². The number of fused-ring (bicyclic) bond motifs is 1. The van der Waals surface area contributed by atoms with Gasteiger partial charge in [-0.15, -0.1) is 0 Å². The van der Waals surface area contributed by atoms with Gasteiger partial charge in [-0.25, -0.2) is 19.9 Å². The molecule has 1 aromatic carbocycles. The minimum Gasteiger partial charge on any atom is -0.378 e. The molecule has 0 spiro atoms. The van der Waals surface area contributed by atoms with E-state index in [0.29, 0.717) is 6.54 Å². The molecule has 2 aromatic heterocycles. The number of ether oxygens (including phenoxy) is 1. The normalized spacial score (nSPS) is 16.7. The van der Waals surface area contributed by atoms with Gasteiger partial charge >= 0.3 is 0 Å². The molecule has 1 fully saturated rings. The van der Waals surface area contributed by atoms with Crippen LogP contribution in [0.5, 0.6) is 0 Å². The summed E-state index contributed by atoms with van der Waals surface area (Å²) in [5, 5.41) is 0. The Labute approximate surface area is 164 Å². The van der Waals surface area contributed by atoms with Crippen molar-refractivity contribution in [1.82, 2.24) is 19.9 Å². The molecular formula is C21H21N6O. The van der Waals surface area contributed by atoms with E-state index in [-0.39, 0.29) is 0 Å². The van der Waals surface area contributed by atoms with Crippen LogP contribution in [0.4, 0.5) is 11.8 Å². The maximum atomic E-state index is 5.54. The van der Waals surface area contributed by atoms with Gasteiger partial charge in [0.1, 0.15) is 5.82 Å². The summed E-state index contributed by atoms with van der Waals surface area (Å²) in [7, 11) is 0. The van der Waals surface area contributed by atoms with Crippen LogP contribution in [0.1, 0.15) is 11.3 Å². The fraction of sp³-hybridized carbons (Fsp3) is 0.333. The lowest BCUT2D eigenvalue weighted by molar-refractivity contribution is 0.122. The zero-order valence-corrected chi connectivity index (χ0v) is 15.6. The standard InChI is InChI=1S/C21H21N6O/c1-2-5-16(6-3-1)19-24-18-15-27(21-22-8-4-9-23-21)10-7-17(18)20(25-19)26-11-13-28-14-12-26/h2-6,8-9H,7,10-15H2. The minimum atomic E-state index is 0.686. The van der Waals surface area contributed by atoms with Gasteiger partial charge in [0.15, 0.2) is 5.82 Å². The summed E-state index contributed by atoms with van der Waals surface area (Å²) in [6, 6.07) is 12.7. The molecule has 2 aliphatic rings. The highest BCUT2D eigenvalue weighted by atomic mass is 16.5. The van der Waals surface area contributed by atoms with E-state index >= 15 is 0 Å². The molecule has 7 heteroatoms. The largest absolute Gasteiger partial charge is 0.378 e. The van der Waals surface area contributed by atoms with Crippen molar-refractivity contribution in [1.29, 1.82) is 0 Å². The molecule has 0 atom stereocenters. The SMILES string of the molecule is [c]1ccc(-c2nc3c(c(N4CCOCC4)n2)CCN(c2ncccn2)C3)cc1. The van der Waals surface area contributed by atoms with Crippen molar-refractivity contribution in [2.24, 2.45) is 0 Å². The second kappa shape index (κ2) is 7.52. The predicted octanol–water partition coefficient (Wildman–Crippen LogP) is 2.13. The van der Waals surface area contributed by atoms with Crippen LogP contribution in [0, 0.1) is 6.07 Å². The van der Waals surface area contributed by atoms with E-state index in [2.05, 4.69) is 25.8 Å². The molecule has 5 rings (SSSR count). The molecule has 1 saturated heterocycles. The Kier molecular flexibility index (Phi) is 4.58. The predicted molar refractivity (Wildman–Crippen MR) is 106 cm³/mol. The Morgan fingerprint density at radius 3 is 2.50 bits per heavy atom. The summed E-state index contributed by atoms with van der Waals surface area (Å²) in [5.41, 5.74) is 3.29. The lowest BCUT2D eigenvalue weighted by Crippen LogP contribution is -2.39. The zero-order valence-electron chi connectivity index (χ0n) is 15.6. The second-order valence-electron chi connectivity index (χ2n) is 6.90. The number of aromatic nitrogens is 4. The van der Waals surface area contributed by atoms with Crippen molar-refractivity contribution in [3.63, 3.8) is 0 Å². The molecule has 0 amide bonds. The maximum absolute atomic E-state index is 5.54. The van der Waals surface area contributed by atoms with Gasteiger partial charge in [-0.05, 0) is 18.6 Å². The molecule has 1 radical (unpaired) electrons. The summed E-state index contributed by atoms with van der Waals surface area (Å²) in [6.07, 6.45) is 4.44. The monoisotopic (exact) mass is 373 g/mol. The van der Waals surface area contributed by atoms with Crippen molar-refractivity contribution in [2.75, 3.05) is 42.6 Å². The van der Waals surface area contributed by atoms with Crippen LogP contribution < -0.4 is 9.80 Å². The Morgan fingerprint density at radius 2 is 1.71 bits per heavy atom. The average Bonchev–Trinajstić information content (AvgIpc) is 2.79. The minimum absolute atomic E-state index is 0.686. The number of hydrogen-bond donors (Lipinski definition) is 0. The maximum Gasteiger partial charge on any atom is 0.225 e. The molecule has 2 aliphatic heterocycles. The van der Waals surface area contributed by atoms with E-state index in [9.17, 15) is 0 Å². The van der Waals surface area contributed by atoms with Crippen LogP contribution in [0.25, 0.3) is 11.4 Å². The summed E-state index contributed by atoms with van der Waals surface area (Å²) in [4.78, 5) is 23.2. The first-order valence-corrected chi connectivity index (χ1v) is 9.59. The van der Waals surface area contributed by atoms with Crippen LogP contribution in [-0.2, 0) is 17.7 Å². The van der Waals surface area contributed by atoms with Gasteiger partial charge in [0.25, 0.3) is 0 Å². The van der Waals surface area contributed by atoms with Gasteiger partial charge in [0, 0.05) is 43.2 Å². The van der Waals surface area contributed by atoms with Crippen molar-refractivity contribution in [3.8, 4) is 11.4 Å². The fourth-order valence-corrected chi connectivity index (χ4v) is 3.74. The Morgan fingerprint density at radius 1 is 0.929 bits per heavy atom. The average molecular weight is 373 g/mol. The lowest BCUT2D eigenvalue weighted by Gasteiger charge is -2.34. The van der Waals surface area contributed by atoms with Crippen LogP contribution in [0.15, 0.2) is 42.7 Å². The highest BCUT2D eigenvalue weighted by molar-refractivity contribution is 5.62. The molecule has 141 valence electrons. The number of rotatable bonds is 3. The van der Waals surface area contributed by atoms with E-state index in [1.807, 2.05) is 30.3 Å². The van der Waals surface area contributed by atoms with Crippen LogP contribution in [-0.4, -0.2) is 52.8 Å². The summed E-state index contributed by atoms with van der Waals surface area (Å²) < 4.78 is 5.54. The highest BCUT2D eigenvalue weighted by Gasteiger charge is 2.27. The molecule has 0 aliphatic carbocycles. The molecule has 28 heavy (non-hydrogen) atoms. The molecule has 0 bridgehead atoms. The Hall–Kier alpha value is -3.06. The van der Waals surface area contributed by atoms with Gasteiger partial charge in [-0.1, -0.05) is 24.3 Å². The van der Waals surface area contributed by atoms with Crippen molar-refractivity contribution in [2.45, 2.75) is 13.0 Å². The van der Waals surface area contributed by atoms with Crippen molar-refractivity contribution in [3.05, 3.63) is 60.0 Å². The number of anilines is 2. The third-order valence-electron chi connectivity index (χ3n) is 5.17. The molecule has 3 aromatic rings. The number of nitrogens with zero attached hydrogens (tertiary/aromatic N) is 6. The number of benzene rings is 1. The summed E-state index contributed by atoms with van der Waals surface area (Å²) in [6.45, 7) is 4.73. The zero-order chi connectivity index (χ0) is 18.8. The Balaban J connectivity index is 1.56. The summed E-state index contributed by atoms with van der Waals surface area (Å²) >= 11 is 0. The van der Waals surface area contributed by atoms with Gasteiger partial charge in [-0.2, -0.15) is 0 Å². The van der Waals surface area contributed by atoms with E-state index in [1.165, 1.54) is 5.56 Å². The van der Waals surface area contributed by atoms with Gasteiger partial charge in [0.05, 0.1) is 25.5 Å². The van der Waals surface area contributed by atoms with Crippen LogP contribution >= 0.6 is 0 Å². The van der Waals surface area contributed by atoms with Crippen LogP contribution in [0.2, 0.25) is 0 Å². The van der Waals surface area contributed by atoms with Gasteiger partial charge in [-0.3, -0.25) is 0 Å². The van der Waals surface area contributed by atoms with Gasteiger partial charge in [0.2, 0.25) is 5.95 Å². The molecular weight excluding hydrogens is 352 g/mol. The van der Waals surface area contributed by atoms with Crippen molar-refractivity contribution < 1.29 is 4.74 Å². The second-order valence-corrected chi connectivity index (χ2v) is 6.90. The van der Waals surface area contributed by atoms with E-state index in [0.717, 1.165) is 68.1 Å². The lowest BCUT2D eigenvalue weighted by atomic mass is 10.0. The summed E-state index contributed by atoms with van der Waals surface area (Å²) in [5.74, 6) is 2.55. The smallest absolute Gasteiger partial charge is 0.225 e. The molecule has 7 nitrogen and oxygen atoms in total. The molecule has 0 N–H and O–H groups in total. The van der Waals surface area contributed by atoms with E-state index in [4.69, 9.17) is 14.7 Å². The quantitative estimate of drug-likeness (QED) is 0.697. The molecule has 0 unspecified atom stereocenters. The topological polar surface area (TPSA) is 67.3 Å². The third-order valence-corrected chi connectivity index (χ3v) is 5.17. The number of hydrogen-bond acceptors (Lipinski definition) is 7. The first kappa shape index (κ1) is 17.1. The van der Waals surface area contributed by atoms with E-state index < -0.39 is 0 Å². The first-order chi connectivity index (χ1) is 13.9. The molecule has 4 heterocycles. The van der Waals surface area contributed by atoms with Crippen molar-refractivity contribution >= 4 is 11.8 Å². The fourth-order valence-electron chi connectivity index (χ4n) is 3.74. The van der Waals surface area contributed by atoms with Crippen LogP contribution in [0.3, 0.4) is 0 Å².